The molecule has 28 heavy (non-hydrogen) atoms. The number of para-hydroxylation sites is 1. The molecule has 2 aromatic rings. The number of amides is 2. The topological polar surface area (TPSA) is 118 Å². The predicted molar refractivity (Wildman–Crippen MR) is 101 cm³/mol. The van der Waals surface area contributed by atoms with Crippen LogP contribution in [-0.2, 0) is 16.1 Å². The molecule has 3 N–H and O–H groups in total. The van der Waals surface area contributed by atoms with Gasteiger partial charge in [-0.15, -0.1) is 0 Å². The van der Waals surface area contributed by atoms with Gasteiger partial charge in [-0.3, -0.25) is 9.59 Å². The fraction of sp³-hybridized carbons (Fsp3) is 0.350. The number of rotatable bonds is 9. The Labute approximate surface area is 162 Å². The van der Waals surface area contributed by atoms with E-state index in [2.05, 4.69) is 10.6 Å². The summed E-state index contributed by atoms with van der Waals surface area (Å²) in [6, 6.07) is 9.50. The number of benzene rings is 1. The van der Waals surface area contributed by atoms with E-state index in [0.29, 0.717) is 11.5 Å². The van der Waals surface area contributed by atoms with Crippen molar-refractivity contribution in [3.8, 4) is 5.75 Å². The molecule has 1 aromatic heterocycles. The van der Waals surface area contributed by atoms with E-state index in [1.165, 1.54) is 6.07 Å². The zero-order chi connectivity index (χ0) is 20.7. The highest BCUT2D eigenvalue weighted by molar-refractivity contribution is 5.89. The van der Waals surface area contributed by atoms with Gasteiger partial charge in [-0.05, 0) is 31.0 Å². The fourth-order valence-electron chi connectivity index (χ4n) is 2.54. The van der Waals surface area contributed by atoms with E-state index >= 15 is 0 Å². The zero-order valence-corrected chi connectivity index (χ0v) is 16.0. The lowest BCUT2D eigenvalue weighted by Gasteiger charge is -2.21. The van der Waals surface area contributed by atoms with Crippen LogP contribution >= 0.6 is 0 Å². The fourth-order valence-corrected chi connectivity index (χ4v) is 2.54. The van der Waals surface area contributed by atoms with Crippen LogP contribution in [0.2, 0.25) is 0 Å². The minimum Gasteiger partial charge on any atom is -0.484 e. The Morgan fingerprint density at radius 2 is 1.86 bits per heavy atom. The van der Waals surface area contributed by atoms with Gasteiger partial charge in [0.05, 0.1) is 6.54 Å². The lowest BCUT2D eigenvalue weighted by atomic mass is 10.0. The number of aryl methyl sites for hydroxylation is 1. The van der Waals surface area contributed by atoms with Gasteiger partial charge in [0, 0.05) is 0 Å². The van der Waals surface area contributed by atoms with Crippen LogP contribution in [0.4, 0.5) is 0 Å². The number of carbonyl (C=O) groups is 3. The molecule has 1 atom stereocenters. The molecule has 0 aliphatic heterocycles. The van der Waals surface area contributed by atoms with Crippen molar-refractivity contribution in [2.75, 3.05) is 6.61 Å². The van der Waals surface area contributed by atoms with E-state index in [-0.39, 0.29) is 30.4 Å². The number of carboxylic acid groups (broad SMARTS) is 1. The largest absolute Gasteiger partial charge is 0.484 e. The molecule has 0 aliphatic carbocycles. The van der Waals surface area contributed by atoms with Gasteiger partial charge in [0.2, 0.25) is 5.91 Å². The number of hydrogen-bond donors (Lipinski definition) is 3. The molecule has 0 bridgehead atoms. The molecule has 0 unspecified atom stereocenters. The van der Waals surface area contributed by atoms with Gasteiger partial charge < -0.3 is 24.9 Å². The Morgan fingerprint density at radius 1 is 1.18 bits per heavy atom. The van der Waals surface area contributed by atoms with Crippen LogP contribution in [0.15, 0.2) is 40.8 Å². The molecule has 2 amide bonds. The molecule has 0 fully saturated rings. The molecular weight excluding hydrogens is 364 g/mol. The summed E-state index contributed by atoms with van der Waals surface area (Å²) < 4.78 is 10.7. The number of ether oxygens (including phenoxy) is 1. The van der Waals surface area contributed by atoms with Gasteiger partial charge in [0.15, 0.2) is 6.61 Å². The minimum atomic E-state index is -1.09. The van der Waals surface area contributed by atoms with Crippen LogP contribution in [0.1, 0.15) is 35.7 Å². The Hall–Kier alpha value is -3.29. The monoisotopic (exact) mass is 388 g/mol. The van der Waals surface area contributed by atoms with Crippen molar-refractivity contribution in [1.29, 1.82) is 0 Å². The van der Waals surface area contributed by atoms with E-state index in [9.17, 15) is 14.4 Å². The van der Waals surface area contributed by atoms with Crippen LogP contribution in [0.3, 0.4) is 0 Å². The van der Waals surface area contributed by atoms with Gasteiger partial charge in [-0.1, -0.05) is 32.0 Å². The van der Waals surface area contributed by atoms with Crippen LogP contribution in [-0.4, -0.2) is 35.5 Å². The standard InChI is InChI=1S/C20H24N2O6/c1-12(2)18(22-17(23)11-27-14-7-5-4-6-8-14)19(24)21-10-15-9-16(20(25)26)13(3)28-15/h4-9,12,18H,10-11H2,1-3H3,(H,21,24)(H,22,23)(H,25,26)/t18-/m1/s1. The highest BCUT2D eigenvalue weighted by Gasteiger charge is 2.24. The summed E-state index contributed by atoms with van der Waals surface area (Å²) >= 11 is 0. The Morgan fingerprint density at radius 3 is 2.43 bits per heavy atom. The molecule has 1 heterocycles. The van der Waals surface area contributed by atoms with Crippen molar-refractivity contribution in [1.82, 2.24) is 10.6 Å². The third kappa shape index (κ3) is 5.87. The molecule has 0 aliphatic rings. The highest BCUT2D eigenvalue weighted by atomic mass is 16.5. The summed E-state index contributed by atoms with van der Waals surface area (Å²) in [6.07, 6.45) is 0. The highest BCUT2D eigenvalue weighted by Crippen LogP contribution is 2.14. The summed E-state index contributed by atoms with van der Waals surface area (Å²) in [7, 11) is 0. The SMILES string of the molecule is Cc1oc(CNC(=O)[C@H](NC(=O)COc2ccccc2)C(C)C)cc1C(=O)O. The summed E-state index contributed by atoms with van der Waals surface area (Å²) in [5.74, 6) is -0.912. The second kappa shape index (κ2) is 9.59. The normalized spacial score (nSPS) is 11.7. The van der Waals surface area contributed by atoms with Crippen molar-refractivity contribution in [2.45, 2.75) is 33.4 Å². The first-order valence-electron chi connectivity index (χ1n) is 8.85. The third-order valence-electron chi connectivity index (χ3n) is 4.01. The summed E-state index contributed by atoms with van der Waals surface area (Å²) in [5.41, 5.74) is 0.0519. The van der Waals surface area contributed by atoms with E-state index in [1.54, 1.807) is 31.2 Å². The first-order valence-corrected chi connectivity index (χ1v) is 8.85. The summed E-state index contributed by atoms with van der Waals surface area (Å²) in [6.45, 7) is 4.97. The molecule has 0 radical (unpaired) electrons. The summed E-state index contributed by atoms with van der Waals surface area (Å²) in [5, 5.41) is 14.4. The third-order valence-corrected chi connectivity index (χ3v) is 4.01. The van der Waals surface area contributed by atoms with Crippen LogP contribution in [0.25, 0.3) is 0 Å². The smallest absolute Gasteiger partial charge is 0.339 e. The van der Waals surface area contributed by atoms with E-state index in [1.807, 2.05) is 19.9 Å². The van der Waals surface area contributed by atoms with Gasteiger partial charge in [0.25, 0.3) is 5.91 Å². The number of nitrogens with one attached hydrogen (secondary N) is 2. The molecule has 8 heteroatoms. The number of carboxylic acids is 1. The molecule has 2 rings (SSSR count). The maximum atomic E-state index is 12.5. The lowest BCUT2D eigenvalue weighted by Crippen LogP contribution is -2.50. The number of furan rings is 1. The lowest BCUT2D eigenvalue weighted by molar-refractivity contribution is -0.131. The quantitative estimate of drug-likeness (QED) is 0.606. The molecule has 0 saturated carbocycles. The predicted octanol–water partition coefficient (Wildman–Crippen LogP) is 2.12. The van der Waals surface area contributed by atoms with Gasteiger partial charge >= 0.3 is 5.97 Å². The molecule has 0 spiro atoms. The Balaban J connectivity index is 1.89. The van der Waals surface area contributed by atoms with Crippen LogP contribution < -0.4 is 15.4 Å². The van der Waals surface area contributed by atoms with Gasteiger partial charge in [0.1, 0.15) is 28.9 Å². The van der Waals surface area contributed by atoms with Crippen LogP contribution in [0.5, 0.6) is 5.75 Å². The van der Waals surface area contributed by atoms with E-state index in [4.69, 9.17) is 14.3 Å². The number of aromatic carboxylic acids is 1. The van der Waals surface area contributed by atoms with Crippen molar-refractivity contribution < 1.29 is 28.6 Å². The number of hydrogen-bond acceptors (Lipinski definition) is 5. The van der Waals surface area contributed by atoms with Crippen molar-refractivity contribution in [3.63, 3.8) is 0 Å². The van der Waals surface area contributed by atoms with Crippen molar-refractivity contribution >= 4 is 17.8 Å². The average molecular weight is 388 g/mol. The molecule has 150 valence electrons. The van der Waals surface area contributed by atoms with Crippen molar-refractivity contribution in [3.05, 3.63) is 53.5 Å². The Bertz CT molecular complexity index is 828. The second-order valence-corrected chi connectivity index (χ2v) is 6.60. The minimum absolute atomic E-state index is 0.0204. The van der Waals surface area contributed by atoms with Gasteiger partial charge in [-0.25, -0.2) is 4.79 Å². The summed E-state index contributed by atoms with van der Waals surface area (Å²) in [4.78, 5) is 35.7. The molecular formula is C20H24N2O6. The average Bonchev–Trinajstić information content (AvgIpc) is 3.04. The Kier molecular flexibility index (Phi) is 7.20. The van der Waals surface area contributed by atoms with Crippen LogP contribution in [0, 0.1) is 12.8 Å². The van der Waals surface area contributed by atoms with Gasteiger partial charge in [-0.2, -0.15) is 0 Å². The molecule has 8 nitrogen and oxygen atoms in total. The van der Waals surface area contributed by atoms with E-state index < -0.39 is 23.8 Å². The first kappa shape index (κ1) is 21.0. The van der Waals surface area contributed by atoms with E-state index in [0.717, 1.165) is 0 Å². The maximum Gasteiger partial charge on any atom is 0.339 e. The zero-order valence-electron chi connectivity index (χ0n) is 16.0. The first-order chi connectivity index (χ1) is 13.3. The maximum absolute atomic E-state index is 12.5. The molecule has 0 saturated heterocycles. The number of carbonyl (C=O) groups excluding carboxylic acids is 2. The molecule has 1 aromatic carbocycles. The van der Waals surface area contributed by atoms with Crippen molar-refractivity contribution in [2.24, 2.45) is 5.92 Å². The second-order valence-electron chi connectivity index (χ2n) is 6.60.